The van der Waals surface area contributed by atoms with Gasteiger partial charge in [0.15, 0.2) is 14.1 Å². The van der Waals surface area contributed by atoms with Gasteiger partial charge in [0, 0.05) is 25.9 Å². The number of benzene rings is 3. The molecule has 61 heavy (non-hydrogen) atoms. The van der Waals surface area contributed by atoms with Crippen molar-refractivity contribution in [2.75, 3.05) is 13.2 Å². The predicted molar refractivity (Wildman–Crippen MR) is 246 cm³/mol. The Morgan fingerprint density at radius 2 is 1.44 bits per heavy atom. The molecule has 0 radical (unpaired) electrons. The Balaban J connectivity index is 1.24. The van der Waals surface area contributed by atoms with Gasteiger partial charge >= 0.3 is 0 Å². The van der Waals surface area contributed by atoms with Gasteiger partial charge in [-0.25, -0.2) is 0 Å². The van der Waals surface area contributed by atoms with Gasteiger partial charge in [-0.15, -0.1) is 0 Å². The molecule has 0 aliphatic carbocycles. The van der Waals surface area contributed by atoms with Crippen molar-refractivity contribution in [2.45, 2.75) is 172 Å². The summed E-state index contributed by atoms with van der Waals surface area (Å²) in [6, 6.07) is 31.5. The van der Waals surface area contributed by atoms with E-state index in [9.17, 15) is 9.90 Å². The first kappa shape index (κ1) is 47.7. The van der Waals surface area contributed by atoms with E-state index in [2.05, 4.69) is 115 Å². The van der Waals surface area contributed by atoms with E-state index in [-0.39, 0.29) is 46.7 Å². The number of ether oxygens (including phenoxy) is 5. The lowest BCUT2D eigenvalue weighted by atomic mass is 9.86. The van der Waals surface area contributed by atoms with E-state index in [0.717, 1.165) is 5.56 Å². The van der Waals surface area contributed by atoms with Crippen molar-refractivity contribution >= 4 is 32.8 Å². The first-order valence-electron chi connectivity index (χ1n) is 22.4. The van der Waals surface area contributed by atoms with Crippen LogP contribution in [0.3, 0.4) is 0 Å². The highest BCUT2D eigenvalue weighted by Gasteiger charge is 2.54. The molecule has 9 nitrogen and oxygen atoms in total. The van der Waals surface area contributed by atoms with Crippen LogP contribution in [0.4, 0.5) is 0 Å². The van der Waals surface area contributed by atoms with Gasteiger partial charge in [-0.2, -0.15) is 0 Å². The SMILES string of the molecule is CC1(C)OC[C@H](CC(=O)C/C=C\C[C@@H]2O[C@@H]3C[C@H](O[Si](C)(C)C(C)(C)C)[C@@H](CCO[Si](c4ccccc4)(c4ccccc4)C(C)(C)C)O[C@H]3[C@H](OCc3ccccc3)[C@H]2O)O1. The monoisotopic (exact) mass is 872 g/mol. The molecule has 0 saturated carbocycles. The molecule has 0 unspecified atom stereocenters. The van der Waals surface area contributed by atoms with Gasteiger partial charge in [-0.05, 0) is 65.8 Å². The summed E-state index contributed by atoms with van der Waals surface area (Å²) in [4.78, 5) is 12.8. The molecule has 3 aromatic carbocycles. The van der Waals surface area contributed by atoms with Crippen LogP contribution in [-0.4, -0.2) is 95.4 Å². The number of hydrogen-bond donors (Lipinski definition) is 1. The molecule has 1 N–H and O–H groups in total. The van der Waals surface area contributed by atoms with Gasteiger partial charge in [0.05, 0.1) is 43.7 Å². The molecule has 0 amide bonds. The summed E-state index contributed by atoms with van der Waals surface area (Å²) in [5.41, 5.74) is 1.01. The Morgan fingerprint density at radius 1 is 0.836 bits per heavy atom. The van der Waals surface area contributed by atoms with Gasteiger partial charge in [-0.1, -0.05) is 145 Å². The van der Waals surface area contributed by atoms with Gasteiger partial charge in [0.1, 0.15) is 24.1 Å². The van der Waals surface area contributed by atoms with Crippen LogP contribution in [0.25, 0.3) is 0 Å². The van der Waals surface area contributed by atoms with Crippen molar-refractivity contribution in [1.29, 1.82) is 0 Å². The zero-order valence-electron chi connectivity index (χ0n) is 38.3. The first-order chi connectivity index (χ1) is 28.8. The Morgan fingerprint density at radius 3 is 2.00 bits per heavy atom. The molecule has 6 rings (SSSR count). The summed E-state index contributed by atoms with van der Waals surface area (Å²) >= 11 is 0. The van der Waals surface area contributed by atoms with Crippen molar-refractivity contribution in [3.05, 3.63) is 109 Å². The first-order valence-corrected chi connectivity index (χ1v) is 27.2. The van der Waals surface area contributed by atoms with Gasteiger partial charge in [0.2, 0.25) is 0 Å². The molecular formula is C50H72O9Si2. The van der Waals surface area contributed by atoms with Crippen LogP contribution in [0, 0.1) is 0 Å². The minimum Gasteiger partial charge on any atom is -0.411 e. The van der Waals surface area contributed by atoms with E-state index in [0.29, 0.717) is 45.5 Å². The summed E-state index contributed by atoms with van der Waals surface area (Å²) in [5.74, 6) is -0.588. The van der Waals surface area contributed by atoms with Crippen LogP contribution in [0.15, 0.2) is 103 Å². The van der Waals surface area contributed by atoms with E-state index in [1.165, 1.54) is 10.4 Å². The van der Waals surface area contributed by atoms with E-state index in [1.54, 1.807) is 0 Å². The molecule has 3 aromatic rings. The average Bonchev–Trinajstić information content (AvgIpc) is 3.55. The zero-order chi connectivity index (χ0) is 44.1. The summed E-state index contributed by atoms with van der Waals surface area (Å²) in [5, 5.41) is 14.3. The largest absolute Gasteiger partial charge is 0.411 e. The second-order valence-corrected chi connectivity index (χ2v) is 29.2. The van der Waals surface area contributed by atoms with E-state index in [4.69, 9.17) is 32.5 Å². The van der Waals surface area contributed by atoms with Crippen LogP contribution in [0.5, 0.6) is 0 Å². The smallest absolute Gasteiger partial charge is 0.261 e. The number of aliphatic hydroxyl groups excluding tert-OH is 1. The molecule has 0 bridgehead atoms. The minimum atomic E-state index is -2.81. The second kappa shape index (κ2) is 19.9. The summed E-state index contributed by atoms with van der Waals surface area (Å²) in [6.07, 6.45) is 2.08. The number of aliphatic hydroxyl groups is 1. The number of hydrogen-bond acceptors (Lipinski definition) is 9. The molecular weight excluding hydrogens is 801 g/mol. The molecule has 3 fully saturated rings. The lowest BCUT2D eigenvalue weighted by molar-refractivity contribution is -0.289. The van der Waals surface area contributed by atoms with Gasteiger partial charge < -0.3 is 37.6 Å². The fourth-order valence-corrected chi connectivity index (χ4v) is 14.8. The number of carbonyl (C=O) groups excluding carboxylic acids is 1. The van der Waals surface area contributed by atoms with E-state index in [1.807, 2.05) is 56.3 Å². The molecule has 0 aromatic heterocycles. The fraction of sp³-hybridized carbons (Fsp3) is 0.580. The lowest BCUT2D eigenvalue weighted by Crippen LogP contribution is -2.67. The third kappa shape index (κ3) is 11.7. The van der Waals surface area contributed by atoms with Crippen LogP contribution in [-0.2, 0) is 43.9 Å². The highest BCUT2D eigenvalue weighted by Crippen LogP contribution is 2.43. The van der Waals surface area contributed by atoms with Crippen molar-refractivity contribution in [3.8, 4) is 0 Å². The second-order valence-electron chi connectivity index (χ2n) is 20.2. The number of allylic oxidation sites excluding steroid dienone is 1. The Hall–Kier alpha value is -2.82. The summed E-state index contributed by atoms with van der Waals surface area (Å²) in [6.45, 7) is 23.2. The van der Waals surface area contributed by atoms with Crippen molar-refractivity contribution in [2.24, 2.45) is 0 Å². The topological polar surface area (TPSA) is 102 Å². The Labute approximate surface area is 367 Å². The van der Waals surface area contributed by atoms with Crippen LogP contribution in [0.1, 0.15) is 93.1 Å². The number of Topliss-reactive ketones (excluding diaryl/α,β-unsaturated/α-hetero) is 1. The maximum atomic E-state index is 12.8. The zero-order valence-corrected chi connectivity index (χ0v) is 40.3. The summed E-state index contributed by atoms with van der Waals surface area (Å²) in [7, 11) is -5.08. The van der Waals surface area contributed by atoms with Crippen LogP contribution >= 0.6 is 0 Å². The van der Waals surface area contributed by atoms with Crippen molar-refractivity contribution < 1.29 is 42.4 Å². The Bertz CT molecular complexity index is 1820. The average molecular weight is 873 g/mol. The summed E-state index contributed by atoms with van der Waals surface area (Å²) < 4.78 is 46.8. The predicted octanol–water partition coefficient (Wildman–Crippen LogP) is 8.66. The van der Waals surface area contributed by atoms with E-state index < -0.39 is 46.8 Å². The van der Waals surface area contributed by atoms with Crippen molar-refractivity contribution in [1.82, 2.24) is 0 Å². The van der Waals surface area contributed by atoms with Gasteiger partial charge in [0.25, 0.3) is 8.32 Å². The van der Waals surface area contributed by atoms with Crippen LogP contribution < -0.4 is 10.4 Å². The fourth-order valence-electron chi connectivity index (χ4n) is 8.85. The molecule has 334 valence electrons. The van der Waals surface area contributed by atoms with Gasteiger partial charge in [-0.3, -0.25) is 4.79 Å². The minimum absolute atomic E-state index is 0.0252. The molecule has 0 spiro atoms. The molecule has 8 atom stereocenters. The number of ketones is 1. The number of fused-ring (bicyclic) bond motifs is 1. The highest BCUT2D eigenvalue weighted by atomic mass is 28.4. The quantitative estimate of drug-likeness (QED) is 0.106. The molecule has 3 aliphatic heterocycles. The third-order valence-electron chi connectivity index (χ3n) is 13.0. The Kier molecular flexibility index (Phi) is 15.6. The standard InChI is InChI=1S/C50H72O9Si2/c1-48(2,3)60(9,10)59-43-33-44-46(57-41(43)30-31-55-61(49(4,5)6,39-25-16-12-17-26-39)40-27-18-13-19-28-40)47(53-34-36-22-14-11-15-23-36)45(52)42(56-44)29-21-20-24-37(51)32-38-35-54-50(7,8)58-38/h11-23,25-28,38,41-47,52H,24,29-35H2,1-10H3/b21-20-/t38-,41+,42-,43-,44+,45-,46+,47+/m0/s1. The van der Waals surface area contributed by atoms with Crippen molar-refractivity contribution in [3.63, 3.8) is 0 Å². The molecule has 11 heteroatoms. The number of rotatable bonds is 17. The molecule has 3 aliphatic rings. The van der Waals surface area contributed by atoms with Crippen LogP contribution in [0.2, 0.25) is 23.2 Å². The maximum absolute atomic E-state index is 12.8. The maximum Gasteiger partial charge on any atom is 0.261 e. The third-order valence-corrected chi connectivity index (χ3v) is 22.6. The highest BCUT2D eigenvalue weighted by molar-refractivity contribution is 6.99. The molecule has 3 saturated heterocycles. The van der Waals surface area contributed by atoms with E-state index >= 15 is 0 Å². The molecule has 3 heterocycles. The number of carbonyl (C=O) groups is 1. The normalized spacial score (nSPS) is 27.3. The lowest BCUT2D eigenvalue weighted by Gasteiger charge is -2.52.